The second kappa shape index (κ2) is 4.72. The normalized spacial score (nSPS) is 12.9. The van der Waals surface area contributed by atoms with E-state index in [1.165, 1.54) is 0 Å². The van der Waals surface area contributed by atoms with Crippen molar-refractivity contribution in [3.8, 4) is 0 Å². The predicted octanol–water partition coefficient (Wildman–Crippen LogP) is 3.01. The molecule has 0 aliphatic heterocycles. The van der Waals surface area contributed by atoms with Crippen molar-refractivity contribution < 1.29 is 9.50 Å². The summed E-state index contributed by atoms with van der Waals surface area (Å²) in [7, 11) is 0. The number of aliphatic hydroxyl groups excluding tert-OH is 1. The number of aliphatic hydroxyl groups is 1. The first-order valence-corrected chi connectivity index (χ1v) is 4.93. The maximum atomic E-state index is 12.3. The standard InChI is InChI=1S/C10H12BrFO/c1-7(6-13)8-2-3-9(5-12)10(11)4-8/h2-4,7,13H,5-6H2,1H3. The molecule has 0 bridgehead atoms. The molecule has 0 heterocycles. The van der Waals surface area contributed by atoms with Crippen LogP contribution in [0, 0.1) is 0 Å². The van der Waals surface area contributed by atoms with Gasteiger partial charge in [0, 0.05) is 17.0 Å². The van der Waals surface area contributed by atoms with Crippen LogP contribution in [0.15, 0.2) is 22.7 Å². The highest BCUT2D eigenvalue weighted by molar-refractivity contribution is 9.10. The Morgan fingerprint density at radius 3 is 2.69 bits per heavy atom. The molecule has 0 amide bonds. The number of rotatable bonds is 3. The van der Waals surface area contributed by atoms with E-state index in [2.05, 4.69) is 15.9 Å². The molecule has 0 fully saturated rings. The number of benzene rings is 1. The Balaban J connectivity index is 2.95. The van der Waals surface area contributed by atoms with E-state index in [0.717, 1.165) is 10.0 Å². The van der Waals surface area contributed by atoms with Crippen molar-refractivity contribution in [2.24, 2.45) is 0 Å². The lowest BCUT2D eigenvalue weighted by molar-refractivity contribution is 0.273. The molecule has 13 heavy (non-hydrogen) atoms. The van der Waals surface area contributed by atoms with Gasteiger partial charge < -0.3 is 5.11 Å². The van der Waals surface area contributed by atoms with Gasteiger partial charge in [-0.2, -0.15) is 0 Å². The van der Waals surface area contributed by atoms with E-state index in [9.17, 15) is 4.39 Å². The molecule has 0 aromatic heterocycles. The minimum Gasteiger partial charge on any atom is -0.396 e. The van der Waals surface area contributed by atoms with E-state index in [1.807, 2.05) is 19.1 Å². The molecule has 1 nitrogen and oxygen atoms in total. The molecule has 3 heteroatoms. The molecule has 1 aromatic rings. The van der Waals surface area contributed by atoms with Crippen LogP contribution in [0.5, 0.6) is 0 Å². The number of alkyl halides is 1. The Morgan fingerprint density at radius 2 is 2.23 bits per heavy atom. The Labute approximate surface area is 85.7 Å². The molecule has 0 aliphatic rings. The van der Waals surface area contributed by atoms with Gasteiger partial charge in [0.1, 0.15) is 6.67 Å². The molecule has 0 spiro atoms. The van der Waals surface area contributed by atoms with Crippen molar-refractivity contribution >= 4 is 15.9 Å². The first-order chi connectivity index (χ1) is 6.19. The topological polar surface area (TPSA) is 20.2 Å². The van der Waals surface area contributed by atoms with Crippen molar-refractivity contribution in [1.82, 2.24) is 0 Å². The van der Waals surface area contributed by atoms with Crippen LogP contribution >= 0.6 is 15.9 Å². The smallest absolute Gasteiger partial charge is 0.116 e. The lowest BCUT2D eigenvalue weighted by Crippen LogP contribution is -1.99. The molecule has 1 atom stereocenters. The van der Waals surface area contributed by atoms with Gasteiger partial charge >= 0.3 is 0 Å². The Bertz CT molecular complexity index is 288. The van der Waals surface area contributed by atoms with Gasteiger partial charge in [-0.15, -0.1) is 0 Å². The fourth-order valence-corrected chi connectivity index (χ4v) is 1.59. The van der Waals surface area contributed by atoms with E-state index < -0.39 is 6.67 Å². The number of hydrogen-bond acceptors (Lipinski definition) is 1. The molecule has 1 N–H and O–H groups in total. The second-order valence-corrected chi connectivity index (χ2v) is 3.92. The Morgan fingerprint density at radius 1 is 1.54 bits per heavy atom. The van der Waals surface area contributed by atoms with Crippen molar-refractivity contribution in [3.05, 3.63) is 33.8 Å². The first-order valence-electron chi connectivity index (χ1n) is 4.14. The molecule has 72 valence electrons. The van der Waals surface area contributed by atoms with E-state index in [4.69, 9.17) is 5.11 Å². The summed E-state index contributed by atoms with van der Waals surface area (Å²) in [6.07, 6.45) is 0. The van der Waals surface area contributed by atoms with Gasteiger partial charge in [-0.05, 0) is 17.2 Å². The van der Waals surface area contributed by atoms with Gasteiger partial charge in [0.15, 0.2) is 0 Å². The minimum atomic E-state index is -0.464. The summed E-state index contributed by atoms with van der Waals surface area (Å²) in [5.41, 5.74) is 1.67. The molecule has 0 saturated carbocycles. The Kier molecular flexibility index (Phi) is 3.88. The van der Waals surface area contributed by atoms with Gasteiger partial charge in [0.25, 0.3) is 0 Å². The van der Waals surface area contributed by atoms with E-state index in [1.54, 1.807) is 6.07 Å². The van der Waals surface area contributed by atoms with Gasteiger partial charge in [0.2, 0.25) is 0 Å². The molecule has 0 radical (unpaired) electrons. The number of hydrogen-bond donors (Lipinski definition) is 1. The fourth-order valence-electron chi connectivity index (χ4n) is 1.08. The van der Waals surface area contributed by atoms with Gasteiger partial charge in [-0.25, -0.2) is 4.39 Å². The molecule has 1 rings (SSSR count). The third-order valence-corrected chi connectivity index (χ3v) is 2.80. The Hall–Kier alpha value is -0.410. The molecular weight excluding hydrogens is 235 g/mol. The highest BCUT2D eigenvalue weighted by Gasteiger charge is 2.06. The summed E-state index contributed by atoms with van der Waals surface area (Å²) in [5, 5.41) is 8.92. The number of halogens is 2. The first kappa shape index (κ1) is 10.7. The van der Waals surface area contributed by atoms with Gasteiger partial charge in [0.05, 0.1) is 0 Å². The maximum Gasteiger partial charge on any atom is 0.116 e. The van der Waals surface area contributed by atoms with Crippen LogP contribution in [0.4, 0.5) is 4.39 Å². The van der Waals surface area contributed by atoms with Crippen LogP contribution in [-0.2, 0) is 6.67 Å². The summed E-state index contributed by atoms with van der Waals surface area (Å²) >= 11 is 3.28. The van der Waals surface area contributed by atoms with Crippen LogP contribution in [-0.4, -0.2) is 11.7 Å². The van der Waals surface area contributed by atoms with Crippen LogP contribution in [0.2, 0.25) is 0 Å². The summed E-state index contributed by atoms with van der Waals surface area (Å²) in [6.45, 7) is 1.58. The second-order valence-electron chi connectivity index (χ2n) is 3.07. The van der Waals surface area contributed by atoms with Crippen molar-refractivity contribution in [3.63, 3.8) is 0 Å². The quantitative estimate of drug-likeness (QED) is 0.870. The van der Waals surface area contributed by atoms with Crippen LogP contribution in [0.1, 0.15) is 24.0 Å². The fraction of sp³-hybridized carbons (Fsp3) is 0.400. The lowest BCUT2D eigenvalue weighted by Gasteiger charge is -2.09. The van der Waals surface area contributed by atoms with Crippen LogP contribution < -0.4 is 0 Å². The highest BCUT2D eigenvalue weighted by atomic mass is 79.9. The molecule has 1 unspecified atom stereocenters. The van der Waals surface area contributed by atoms with Crippen molar-refractivity contribution in [2.45, 2.75) is 19.5 Å². The highest BCUT2D eigenvalue weighted by Crippen LogP contribution is 2.23. The molecular formula is C10H12BrFO. The van der Waals surface area contributed by atoms with E-state index >= 15 is 0 Å². The predicted molar refractivity (Wildman–Crippen MR) is 54.5 cm³/mol. The zero-order chi connectivity index (χ0) is 9.84. The molecule has 0 aliphatic carbocycles. The summed E-state index contributed by atoms with van der Waals surface area (Å²) in [4.78, 5) is 0. The van der Waals surface area contributed by atoms with Crippen LogP contribution in [0.3, 0.4) is 0 Å². The van der Waals surface area contributed by atoms with Crippen molar-refractivity contribution in [1.29, 1.82) is 0 Å². The van der Waals surface area contributed by atoms with E-state index in [-0.39, 0.29) is 12.5 Å². The average Bonchev–Trinajstić information content (AvgIpc) is 2.16. The summed E-state index contributed by atoms with van der Waals surface area (Å²) < 4.78 is 13.1. The van der Waals surface area contributed by atoms with Crippen LogP contribution in [0.25, 0.3) is 0 Å². The van der Waals surface area contributed by atoms with E-state index in [0.29, 0.717) is 5.56 Å². The maximum absolute atomic E-state index is 12.3. The SMILES string of the molecule is CC(CO)c1ccc(CF)c(Br)c1. The zero-order valence-electron chi connectivity index (χ0n) is 7.43. The average molecular weight is 247 g/mol. The lowest BCUT2D eigenvalue weighted by atomic mass is 10.0. The van der Waals surface area contributed by atoms with Gasteiger partial charge in [-0.3, -0.25) is 0 Å². The third kappa shape index (κ3) is 2.51. The molecule has 1 aromatic carbocycles. The zero-order valence-corrected chi connectivity index (χ0v) is 9.01. The largest absolute Gasteiger partial charge is 0.396 e. The summed E-state index contributed by atoms with van der Waals surface area (Å²) in [5.74, 6) is 0.102. The summed E-state index contributed by atoms with van der Waals surface area (Å²) in [6, 6.07) is 5.45. The monoisotopic (exact) mass is 246 g/mol. The third-order valence-electron chi connectivity index (χ3n) is 2.06. The molecule has 0 saturated heterocycles. The van der Waals surface area contributed by atoms with Gasteiger partial charge in [-0.1, -0.05) is 35.0 Å². The van der Waals surface area contributed by atoms with Crippen molar-refractivity contribution in [2.75, 3.05) is 6.61 Å². The minimum absolute atomic E-state index is 0.102.